The van der Waals surface area contributed by atoms with Crippen LogP contribution >= 0.6 is 11.3 Å². The molecule has 0 bridgehead atoms. The number of benzene rings is 1. The molecule has 1 aliphatic heterocycles. The molecule has 3 aromatic heterocycles. The van der Waals surface area contributed by atoms with Crippen LogP contribution in [-0.2, 0) is 6.54 Å². The highest BCUT2D eigenvalue weighted by atomic mass is 32.1. The van der Waals surface area contributed by atoms with E-state index in [1.54, 1.807) is 12.3 Å². The zero-order valence-electron chi connectivity index (χ0n) is 15.0. The number of rotatable bonds is 5. The number of aromatic amines is 1. The summed E-state index contributed by atoms with van der Waals surface area (Å²) in [5.74, 6) is 0.108. The van der Waals surface area contributed by atoms with Crippen molar-refractivity contribution in [1.82, 2.24) is 25.1 Å². The van der Waals surface area contributed by atoms with Crippen molar-refractivity contribution in [3.8, 4) is 10.6 Å². The van der Waals surface area contributed by atoms with Crippen LogP contribution in [0.15, 0.2) is 54.0 Å². The predicted octanol–water partition coefficient (Wildman–Crippen LogP) is 3.25. The highest BCUT2D eigenvalue weighted by molar-refractivity contribution is 7.18. The third-order valence-electron chi connectivity index (χ3n) is 4.31. The van der Waals surface area contributed by atoms with Gasteiger partial charge in [-0.2, -0.15) is 0 Å². The molecule has 0 radical (unpaired) electrons. The lowest BCUT2D eigenvalue weighted by Crippen LogP contribution is -2.13. The number of carbonyl (C=O) groups excluding carboxylic acids is 1. The Morgan fingerprint density at radius 3 is 3.03 bits per heavy atom. The number of fused-ring (bicyclic) bond motifs is 1. The number of anilines is 3. The molecule has 0 atom stereocenters. The highest BCUT2D eigenvalue weighted by Crippen LogP contribution is 2.30. The van der Waals surface area contributed by atoms with Gasteiger partial charge in [0.2, 0.25) is 5.13 Å². The average molecular weight is 402 g/mol. The Kier molecular flexibility index (Phi) is 4.30. The number of nitrogens with zero attached hydrogens (tertiary/aromatic N) is 5. The summed E-state index contributed by atoms with van der Waals surface area (Å²) in [6, 6.07) is 9.68. The molecule has 1 aliphatic rings. The van der Waals surface area contributed by atoms with Gasteiger partial charge in [0.05, 0.1) is 19.1 Å². The fourth-order valence-electron chi connectivity index (χ4n) is 2.89. The van der Waals surface area contributed by atoms with Crippen molar-refractivity contribution in [2.45, 2.75) is 6.54 Å². The summed E-state index contributed by atoms with van der Waals surface area (Å²) < 4.78 is 0. The van der Waals surface area contributed by atoms with Crippen molar-refractivity contribution in [1.29, 1.82) is 0 Å². The maximum absolute atomic E-state index is 12.1. The molecule has 4 aromatic rings. The van der Waals surface area contributed by atoms with Crippen LogP contribution in [0.4, 0.5) is 16.6 Å². The molecule has 0 saturated heterocycles. The molecule has 142 valence electrons. The topological polar surface area (TPSA) is 121 Å². The Labute approximate surface area is 169 Å². The van der Waals surface area contributed by atoms with E-state index in [1.165, 1.54) is 29.4 Å². The summed E-state index contributed by atoms with van der Waals surface area (Å²) in [4.78, 5) is 27.2. The molecule has 10 heteroatoms. The van der Waals surface area contributed by atoms with Crippen LogP contribution in [0.5, 0.6) is 0 Å². The maximum Gasteiger partial charge on any atom is 0.274 e. The SMILES string of the molecule is O=C(Nc1cc(-c2nnc(Nc3ccc4c(c3)C=NC4)s2)ccn1)c1cnc[nH]1. The third-order valence-corrected chi connectivity index (χ3v) is 5.19. The maximum atomic E-state index is 12.1. The molecular formula is C19H14N8OS. The first-order chi connectivity index (χ1) is 14.2. The minimum absolute atomic E-state index is 0.313. The molecule has 0 saturated carbocycles. The third kappa shape index (κ3) is 3.60. The van der Waals surface area contributed by atoms with E-state index in [0.29, 0.717) is 16.6 Å². The van der Waals surface area contributed by atoms with Crippen LogP contribution in [-0.4, -0.2) is 37.3 Å². The summed E-state index contributed by atoms with van der Waals surface area (Å²) >= 11 is 1.42. The van der Waals surface area contributed by atoms with Crippen molar-refractivity contribution in [2.24, 2.45) is 4.99 Å². The fourth-order valence-corrected chi connectivity index (χ4v) is 3.65. The molecule has 3 N–H and O–H groups in total. The van der Waals surface area contributed by atoms with Gasteiger partial charge in [-0.3, -0.25) is 9.79 Å². The number of amides is 1. The van der Waals surface area contributed by atoms with E-state index >= 15 is 0 Å². The monoisotopic (exact) mass is 402 g/mol. The molecule has 4 heterocycles. The number of hydrogen-bond acceptors (Lipinski definition) is 8. The Balaban J connectivity index is 1.32. The lowest BCUT2D eigenvalue weighted by Gasteiger charge is -2.04. The summed E-state index contributed by atoms with van der Waals surface area (Å²) in [5, 5.41) is 15.9. The van der Waals surface area contributed by atoms with E-state index in [9.17, 15) is 4.79 Å². The van der Waals surface area contributed by atoms with Gasteiger partial charge in [0.25, 0.3) is 5.91 Å². The van der Waals surface area contributed by atoms with Gasteiger partial charge >= 0.3 is 0 Å². The Hall–Kier alpha value is -3.92. The molecule has 0 aliphatic carbocycles. The Morgan fingerprint density at radius 2 is 2.14 bits per heavy atom. The Bertz CT molecular complexity index is 1210. The van der Waals surface area contributed by atoms with Gasteiger partial charge in [-0.15, -0.1) is 10.2 Å². The molecule has 1 amide bonds. The summed E-state index contributed by atoms with van der Waals surface area (Å²) in [6.07, 6.45) is 6.39. The molecular weight excluding hydrogens is 388 g/mol. The number of aliphatic imine (C=N–C) groups is 1. The van der Waals surface area contributed by atoms with Crippen LogP contribution in [0.1, 0.15) is 21.6 Å². The quantitative estimate of drug-likeness (QED) is 0.471. The first-order valence-corrected chi connectivity index (χ1v) is 9.56. The summed E-state index contributed by atoms with van der Waals surface area (Å²) in [6.45, 7) is 0.736. The van der Waals surface area contributed by atoms with E-state index in [-0.39, 0.29) is 5.91 Å². The van der Waals surface area contributed by atoms with Crippen molar-refractivity contribution < 1.29 is 4.79 Å². The number of aromatic nitrogens is 5. The number of imidazole rings is 1. The van der Waals surface area contributed by atoms with Crippen LogP contribution in [0.2, 0.25) is 0 Å². The molecule has 5 rings (SSSR count). The fraction of sp³-hybridized carbons (Fsp3) is 0.0526. The second-order valence-corrected chi connectivity index (χ2v) is 7.25. The molecule has 0 fully saturated rings. The zero-order chi connectivity index (χ0) is 19.6. The number of pyridine rings is 1. The summed E-state index contributed by atoms with van der Waals surface area (Å²) in [7, 11) is 0. The largest absolute Gasteiger partial charge is 0.341 e. The van der Waals surface area contributed by atoms with Crippen LogP contribution in [0, 0.1) is 0 Å². The molecule has 1 aromatic carbocycles. The van der Waals surface area contributed by atoms with Gasteiger partial charge in [-0.25, -0.2) is 9.97 Å². The van der Waals surface area contributed by atoms with Gasteiger partial charge in [-0.05, 0) is 35.4 Å². The lowest BCUT2D eigenvalue weighted by atomic mass is 10.1. The average Bonchev–Trinajstić information content (AvgIpc) is 3.49. The van der Waals surface area contributed by atoms with Crippen molar-refractivity contribution in [3.63, 3.8) is 0 Å². The first-order valence-electron chi connectivity index (χ1n) is 8.74. The first kappa shape index (κ1) is 17.2. The van der Waals surface area contributed by atoms with E-state index in [0.717, 1.165) is 28.4 Å². The number of nitrogens with one attached hydrogen (secondary N) is 3. The normalized spacial score (nSPS) is 12.0. The second kappa shape index (κ2) is 7.24. The van der Waals surface area contributed by atoms with Gasteiger partial charge in [0, 0.05) is 23.7 Å². The highest BCUT2D eigenvalue weighted by Gasteiger charge is 2.12. The number of hydrogen-bond donors (Lipinski definition) is 3. The zero-order valence-corrected chi connectivity index (χ0v) is 15.8. The predicted molar refractivity (Wildman–Crippen MR) is 111 cm³/mol. The molecule has 29 heavy (non-hydrogen) atoms. The molecule has 0 spiro atoms. The van der Waals surface area contributed by atoms with E-state index in [2.05, 4.69) is 46.8 Å². The van der Waals surface area contributed by atoms with Crippen molar-refractivity contribution in [3.05, 3.63) is 65.9 Å². The van der Waals surface area contributed by atoms with Crippen LogP contribution in [0.25, 0.3) is 10.6 Å². The molecule has 9 nitrogen and oxygen atoms in total. The van der Waals surface area contributed by atoms with E-state index in [1.807, 2.05) is 24.4 Å². The lowest BCUT2D eigenvalue weighted by molar-refractivity contribution is 0.102. The molecule has 0 unspecified atom stereocenters. The minimum atomic E-state index is -0.313. The number of H-pyrrole nitrogens is 1. The number of carbonyl (C=O) groups is 1. The van der Waals surface area contributed by atoms with E-state index < -0.39 is 0 Å². The standard InChI is InChI=1S/C19H14N8OS/c28-17(15-9-21-10-23-15)25-16-6-11(3-4-22-16)18-26-27-19(29-18)24-14-2-1-12-7-20-8-13(12)5-14/h1-6,8-10H,7H2,(H,21,23)(H,24,27)(H,22,25,28). The minimum Gasteiger partial charge on any atom is -0.341 e. The van der Waals surface area contributed by atoms with Gasteiger partial charge in [0.15, 0.2) is 0 Å². The van der Waals surface area contributed by atoms with E-state index in [4.69, 9.17) is 0 Å². The van der Waals surface area contributed by atoms with Gasteiger partial charge in [-0.1, -0.05) is 17.4 Å². The smallest absolute Gasteiger partial charge is 0.274 e. The second-order valence-electron chi connectivity index (χ2n) is 6.27. The van der Waals surface area contributed by atoms with Gasteiger partial charge < -0.3 is 15.6 Å². The van der Waals surface area contributed by atoms with Crippen molar-refractivity contribution >= 4 is 40.1 Å². The Morgan fingerprint density at radius 1 is 1.17 bits per heavy atom. The van der Waals surface area contributed by atoms with Crippen LogP contribution < -0.4 is 10.6 Å². The van der Waals surface area contributed by atoms with Crippen molar-refractivity contribution in [2.75, 3.05) is 10.6 Å². The van der Waals surface area contributed by atoms with Gasteiger partial charge in [0.1, 0.15) is 16.5 Å². The van der Waals surface area contributed by atoms with Crippen LogP contribution in [0.3, 0.4) is 0 Å². The summed E-state index contributed by atoms with van der Waals surface area (Å²) in [5.41, 5.74) is 4.44.